The predicted octanol–water partition coefficient (Wildman–Crippen LogP) is 4.77. The first kappa shape index (κ1) is 10.7. The molecule has 1 nitrogen and oxygen atoms in total. The molecule has 0 aromatic heterocycles. The Morgan fingerprint density at radius 3 is 1.14 bits per heavy atom. The summed E-state index contributed by atoms with van der Waals surface area (Å²) in [6.45, 7) is 0. The maximum atomic E-state index is 3.38. The maximum Gasteiger partial charge on any atom is 0.0988 e. The van der Waals surface area contributed by atoms with Crippen LogP contribution in [0.5, 0.6) is 0 Å². The fourth-order valence-electron chi connectivity index (χ4n) is 0.0571. The molecule has 0 saturated heterocycles. The monoisotopic (exact) mass is 585 g/mol. The molecule has 0 amide bonds. The van der Waals surface area contributed by atoms with Crippen LogP contribution >= 0.6 is 94.9 Å². The lowest BCUT2D eigenvalue weighted by Crippen LogP contribution is -1.77. The Balaban J connectivity index is 2.95. The van der Waals surface area contributed by atoms with Gasteiger partial charge in [-0.15, -0.1) is 0 Å². The van der Waals surface area contributed by atoms with Crippen LogP contribution in [-0.2, 0) is 0 Å². The molecule has 7 heteroatoms. The number of hydrogen-bond acceptors (Lipinski definition) is 1. The topological polar surface area (TPSA) is 12.0 Å². The molecule has 0 saturated carbocycles. The highest BCUT2D eigenvalue weighted by atomic mass is 127. The van der Waals surface area contributed by atoms with E-state index in [1.54, 1.807) is 0 Å². The largest absolute Gasteiger partial charge is 0.241 e. The lowest BCUT2D eigenvalue weighted by molar-refractivity contribution is 1.77. The van der Waals surface area contributed by atoms with E-state index in [1.165, 1.54) is 0 Å². The summed E-state index contributed by atoms with van der Waals surface area (Å²) in [6, 6.07) is 0. The Morgan fingerprint density at radius 1 is 0.857 bits per heavy atom. The van der Waals surface area contributed by atoms with E-state index in [1.807, 2.05) is 0 Å². The molecular weight excluding hydrogens is 584 g/mol. The molecule has 0 unspecified atom stereocenters. The molecule has 0 radical (unpaired) electrons. The van der Waals surface area contributed by atoms with E-state index in [0.717, 1.165) is 0 Å². The number of halogens is 4. The number of rotatable bonds is 2. The highest BCUT2D eigenvalue weighted by molar-refractivity contribution is 14.3. The maximum absolute atomic E-state index is 3.38. The summed E-state index contributed by atoms with van der Waals surface area (Å²) in [5.74, 6) is 0. The molecule has 0 spiro atoms. The van der Waals surface area contributed by atoms with Crippen LogP contribution in [0.25, 0.3) is 0 Å². The quantitative estimate of drug-likeness (QED) is 0.365. The Labute approximate surface area is 97.5 Å². The van der Waals surface area contributed by atoms with Gasteiger partial charge in [0.05, 0.1) is 6.71 Å². The second kappa shape index (κ2) is 6.45. The third kappa shape index (κ3) is 9.74. The summed E-state index contributed by atoms with van der Waals surface area (Å²) in [7, 11) is 0. The van der Waals surface area contributed by atoms with Crippen LogP contribution in [0.4, 0.5) is 0 Å². The molecule has 0 aliphatic carbocycles. The molecule has 0 aliphatic rings. The van der Waals surface area contributed by atoms with Gasteiger partial charge in [0.25, 0.3) is 0 Å². The predicted molar refractivity (Wildman–Crippen MR) is 73.1 cm³/mol. The summed E-state index contributed by atoms with van der Waals surface area (Å²) in [5, 5.41) is 0. The van der Waals surface area contributed by atoms with Crippen molar-refractivity contribution < 1.29 is 0 Å². The van der Waals surface area contributed by atoms with E-state index in [2.05, 4.69) is 93.0 Å². The first-order chi connectivity index (χ1) is 3.13. The summed E-state index contributed by atoms with van der Waals surface area (Å²) >= 11 is 9.62. The zero-order valence-corrected chi connectivity index (χ0v) is 13.3. The van der Waals surface area contributed by atoms with Crippen molar-refractivity contribution in [2.24, 2.45) is 0 Å². The summed E-state index contributed by atoms with van der Waals surface area (Å²) in [4.78, 5) is 3.38. The molecule has 7 heavy (non-hydrogen) atoms. The van der Waals surface area contributed by atoms with Crippen molar-refractivity contribution in [2.75, 3.05) is 0 Å². The smallest absolute Gasteiger partial charge is 0.0988 e. The highest BCUT2D eigenvalue weighted by Gasteiger charge is 1.99. The van der Waals surface area contributed by atoms with E-state index < -0.39 is 0 Å². The van der Waals surface area contributed by atoms with Gasteiger partial charge >= 0.3 is 0 Å². The summed E-state index contributed by atoms with van der Waals surface area (Å²) < 4.78 is 0.128. The fourth-order valence-corrected chi connectivity index (χ4v) is 23.1. The van der Waals surface area contributed by atoms with Crippen LogP contribution in [0.1, 0.15) is 0 Å². The number of nitrogens with one attached hydrogen (secondary N) is 1. The van der Waals surface area contributed by atoms with Crippen LogP contribution in [0.2, 0.25) is 0 Å². The van der Waals surface area contributed by atoms with Gasteiger partial charge < -0.3 is 0 Å². The molecule has 0 rings (SSSR count). The van der Waals surface area contributed by atoms with Gasteiger partial charge in [-0.25, -0.2) is 4.86 Å². The SMILES string of the molecule is IP(I)NP(I)I. The minimum atomic E-state index is 0.0639. The van der Waals surface area contributed by atoms with Gasteiger partial charge in [-0.1, -0.05) is 0 Å². The molecule has 0 bridgehead atoms. The van der Waals surface area contributed by atoms with Gasteiger partial charge in [0.2, 0.25) is 0 Å². The molecule has 0 heterocycles. The standard InChI is InChI=1S/HI4NP2/c1-6(2)5-7(3)4/h5H. The average molecular weight is 585 g/mol. The number of hydrogen-bond donors (Lipinski definition) is 1. The molecule has 1 N–H and O–H groups in total. The van der Waals surface area contributed by atoms with Crippen molar-refractivity contribution in [2.45, 2.75) is 0 Å². The lowest BCUT2D eigenvalue weighted by atomic mass is 13.9. The fraction of sp³-hybridized carbons (Fsp3) is 0. The van der Waals surface area contributed by atoms with Crippen molar-refractivity contribution in [3.63, 3.8) is 0 Å². The molecule has 44 valence electrons. The zero-order valence-electron chi connectivity index (χ0n) is 2.91. The minimum absolute atomic E-state index is 0.0639. The second-order valence-electron chi connectivity index (χ2n) is 0.566. The Morgan fingerprint density at radius 2 is 1.14 bits per heavy atom. The summed E-state index contributed by atoms with van der Waals surface area (Å²) in [5.41, 5.74) is 0. The Kier molecular flexibility index (Phi) is 9.90. The van der Waals surface area contributed by atoms with Gasteiger partial charge in [0.15, 0.2) is 0 Å². The van der Waals surface area contributed by atoms with Crippen LogP contribution in [0.15, 0.2) is 0 Å². The minimum Gasteiger partial charge on any atom is -0.241 e. The molecule has 0 aromatic rings. The van der Waals surface area contributed by atoms with Gasteiger partial charge in [0.1, 0.15) is 0 Å². The van der Waals surface area contributed by atoms with Crippen molar-refractivity contribution in [1.29, 1.82) is 0 Å². The zero-order chi connectivity index (χ0) is 5.86. The van der Waals surface area contributed by atoms with E-state index >= 15 is 0 Å². The third-order valence-electron chi connectivity index (χ3n) is 0.151. The lowest BCUT2D eigenvalue weighted by Gasteiger charge is -2.02. The van der Waals surface area contributed by atoms with Crippen LogP contribution in [0.3, 0.4) is 0 Å². The van der Waals surface area contributed by atoms with Crippen LogP contribution in [0, 0.1) is 0 Å². The van der Waals surface area contributed by atoms with Gasteiger partial charge in [-0.3, -0.25) is 0 Å². The van der Waals surface area contributed by atoms with E-state index in [-0.39, 0.29) is 6.71 Å². The van der Waals surface area contributed by atoms with E-state index in [4.69, 9.17) is 0 Å². The van der Waals surface area contributed by atoms with E-state index in [0.29, 0.717) is 0 Å². The second-order valence-corrected chi connectivity index (χ2v) is 25.0. The molecule has 0 aromatic carbocycles. The van der Waals surface area contributed by atoms with Crippen molar-refractivity contribution in [3.8, 4) is 0 Å². The van der Waals surface area contributed by atoms with Crippen molar-refractivity contribution in [3.05, 3.63) is 0 Å². The molecular formula is HI4NP2. The molecule has 0 fully saturated rings. The third-order valence-corrected chi connectivity index (χ3v) is 9.13. The van der Waals surface area contributed by atoms with Gasteiger partial charge in [-0.2, -0.15) is 0 Å². The Hall–Kier alpha value is 3.74. The molecule has 0 atom stereocenters. The van der Waals surface area contributed by atoms with E-state index in [9.17, 15) is 0 Å². The average Bonchev–Trinajstić information content (AvgIpc) is 1.27. The van der Waals surface area contributed by atoms with Crippen LogP contribution < -0.4 is 4.86 Å². The first-order valence-corrected chi connectivity index (χ1v) is 14.9. The first-order valence-electron chi connectivity index (χ1n) is 1.12. The van der Waals surface area contributed by atoms with Crippen molar-refractivity contribution >= 4 is 94.9 Å². The van der Waals surface area contributed by atoms with Crippen molar-refractivity contribution in [1.82, 2.24) is 4.86 Å². The normalized spacial score (nSPS) is 11.1. The Bertz CT molecular complexity index is 39.0. The van der Waals surface area contributed by atoms with Gasteiger partial charge in [-0.05, 0) is 88.2 Å². The molecule has 0 aliphatic heterocycles. The highest BCUT2D eigenvalue weighted by Crippen LogP contribution is 2.62. The summed E-state index contributed by atoms with van der Waals surface area (Å²) in [6.07, 6.45) is 0. The van der Waals surface area contributed by atoms with Gasteiger partial charge in [0, 0.05) is 0 Å². The van der Waals surface area contributed by atoms with Crippen LogP contribution in [-0.4, -0.2) is 0 Å².